The quantitative estimate of drug-likeness (QED) is 0.430. The molecule has 0 N–H and O–H groups in total. The normalized spacial score (nSPS) is 15.9. The van der Waals surface area contributed by atoms with Crippen molar-refractivity contribution in [3.8, 4) is 22.5 Å². The molecular formula is C27H23FN4O. The maximum absolute atomic E-state index is 13.3. The second-order valence-corrected chi connectivity index (χ2v) is 8.19. The monoisotopic (exact) mass is 438 g/mol. The van der Waals surface area contributed by atoms with Crippen LogP contribution in [0.25, 0.3) is 22.5 Å². The molecule has 164 valence electrons. The molecule has 5 nitrogen and oxygen atoms in total. The van der Waals surface area contributed by atoms with Crippen LogP contribution >= 0.6 is 0 Å². The summed E-state index contributed by atoms with van der Waals surface area (Å²) in [5.74, 6) is 0.309. The van der Waals surface area contributed by atoms with Crippen LogP contribution in [0.2, 0.25) is 0 Å². The predicted octanol–water partition coefficient (Wildman–Crippen LogP) is 5.36. The Morgan fingerprint density at radius 2 is 1.70 bits per heavy atom. The van der Waals surface area contributed by atoms with Gasteiger partial charge in [-0.25, -0.2) is 14.4 Å². The Morgan fingerprint density at radius 1 is 0.939 bits per heavy atom. The van der Waals surface area contributed by atoms with Crippen LogP contribution in [0, 0.1) is 5.82 Å². The van der Waals surface area contributed by atoms with E-state index in [1.54, 1.807) is 24.5 Å². The van der Waals surface area contributed by atoms with Crippen molar-refractivity contribution in [3.05, 3.63) is 102 Å². The highest BCUT2D eigenvalue weighted by atomic mass is 19.1. The average Bonchev–Trinajstić information content (AvgIpc) is 2.89. The largest absolute Gasteiger partial charge is 0.338 e. The standard InChI is InChI=1S/C27H23FN4O/c28-23-10-8-21(9-11-23)27(33)32-16-4-7-22(18-32)25-24(19-12-14-29-15-13-19)17-30-26(31-25)20-5-2-1-3-6-20/h1-3,5-6,8-15,17,22H,4,7,16,18H2. The van der Waals surface area contributed by atoms with Gasteiger partial charge in [-0.3, -0.25) is 9.78 Å². The lowest BCUT2D eigenvalue weighted by atomic mass is 9.89. The molecule has 4 aromatic rings. The number of nitrogens with zero attached hydrogens (tertiary/aromatic N) is 4. The number of likely N-dealkylation sites (tertiary alicyclic amines) is 1. The van der Waals surface area contributed by atoms with Crippen molar-refractivity contribution >= 4 is 5.91 Å². The minimum Gasteiger partial charge on any atom is -0.338 e. The number of hydrogen-bond donors (Lipinski definition) is 0. The third kappa shape index (κ3) is 4.51. The van der Waals surface area contributed by atoms with Crippen molar-refractivity contribution in [2.75, 3.05) is 13.1 Å². The van der Waals surface area contributed by atoms with Crippen molar-refractivity contribution in [1.29, 1.82) is 0 Å². The summed E-state index contributed by atoms with van der Waals surface area (Å²) in [5.41, 5.74) is 4.35. The first kappa shape index (κ1) is 20.9. The highest BCUT2D eigenvalue weighted by molar-refractivity contribution is 5.94. The van der Waals surface area contributed by atoms with Gasteiger partial charge < -0.3 is 4.90 Å². The number of hydrogen-bond acceptors (Lipinski definition) is 4. The van der Waals surface area contributed by atoms with Gasteiger partial charge in [-0.15, -0.1) is 0 Å². The van der Waals surface area contributed by atoms with Crippen LogP contribution in [0.3, 0.4) is 0 Å². The molecular weight excluding hydrogens is 415 g/mol. The number of carbonyl (C=O) groups excluding carboxylic acids is 1. The van der Waals surface area contributed by atoms with Crippen molar-refractivity contribution < 1.29 is 9.18 Å². The SMILES string of the molecule is O=C(c1ccc(F)cc1)N1CCCC(c2nc(-c3ccccc3)ncc2-c2ccncc2)C1. The highest BCUT2D eigenvalue weighted by Gasteiger charge is 2.29. The topological polar surface area (TPSA) is 59.0 Å². The Hall–Kier alpha value is -3.93. The summed E-state index contributed by atoms with van der Waals surface area (Å²) in [6.07, 6.45) is 7.19. The Labute approximate surface area is 192 Å². The van der Waals surface area contributed by atoms with Crippen LogP contribution in [0.5, 0.6) is 0 Å². The van der Waals surface area contributed by atoms with E-state index in [9.17, 15) is 9.18 Å². The summed E-state index contributed by atoms with van der Waals surface area (Å²) >= 11 is 0. The lowest BCUT2D eigenvalue weighted by Gasteiger charge is -2.33. The van der Waals surface area contributed by atoms with E-state index in [2.05, 4.69) is 9.97 Å². The number of halogens is 1. The molecule has 2 aromatic carbocycles. The van der Waals surface area contributed by atoms with Gasteiger partial charge in [0.15, 0.2) is 5.82 Å². The summed E-state index contributed by atoms with van der Waals surface area (Å²) < 4.78 is 13.3. The van der Waals surface area contributed by atoms with Crippen molar-refractivity contribution in [2.45, 2.75) is 18.8 Å². The van der Waals surface area contributed by atoms with Crippen LogP contribution in [-0.2, 0) is 0 Å². The molecule has 1 saturated heterocycles. The summed E-state index contributed by atoms with van der Waals surface area (Å²) in [6, 6.07) is 19.5. The first-order chi connectivity index (χ1) is 16.2. The fourth-order valence-electron chi connectivity index (χ4n) is 4.35. The number of benzene rings is 2. The average molecular weight is 439 g/mol. The Morgan fingerprint density at radius 3 is 2.45 bits per heavy atom. The minimum absolute atomic E-state index is 0.0665. The van der Waals surface area contributed by atoms with Gasteiger partial charge in [0.05, 0.1) is 5.69 Å². The van der Waals surface area contributed by atoms with Crippen molar-refractivity contribution in [2.24, 2.45) is 0 Å². The fourth-order valence-corrected chi connectivity index (χ4v) is 4.35. The van der Waals surface area contributed by atoms with Gasteiger partial charge in [-0.05, 0) is 54.8 Å². The van der Waals surface area contributed by atoms with E-state index in [0.29, 0.717) is 24.5 Å². The second-order valence-electron chi connectivity index (χ2n) is 8.19. The third-order valence-corrected chi connectivity index (χ3v) is 6.03. The number of piperidine rings is 1. The first-order valence-electron chi connectivity index (χ1n) is 11.1. The lowest BCUT2D eigenvalue weighted by molar-refractivity contribution is 0.0706. The molecule has 1 fully saturated rings. The van der Waals surface area contributed by atoms with Crippen LogP contribution in [0.1, 0.15) is 34.8 Å². The molecule has 6 heteroatoms. The maximum Gasteiger partial charge on any atom is 0.253 e. The van der Waals surface area contributed by atoms with Gasteiger partial charge in [-0.2, -0.15) is 0 Å². The van der Waals surface area contributed by atoms with Crippen LogP contribution in [0.15, 0.2) is 85.3 Å². The lowest BCUT2D eigenvalue weighted by Crippen LogP contribution is -2.39. The van der Waals surface area contributed by atoms with Gasteiger partial charge in [0.1, 0.15) is 5.82 Å². The van der Waals surface area contributed by atoms with Crippen LogP contribution < -0.4 is 0 Å². The molecule has 0 bridgehead atoms. The number of rotatable bonds is 4. The first-order valence-corrected chi connectivity index (χ1v) is 11.1. The fraction of sp³-hybridized carbons (Fsp3) is 0.185. The number of carbonyl (C=O) groups is 1. The zero-order valence-electron chi connectivity index (χ0n) is 18.1. The second kappa shape index (κ2) is 9.28. The van der Waals surface area contributed by atoms with E-state index in [0.717, 1.165) is 35.2 Å². The molecule has 0 aliphatic carbocycles. The van der Waals surface area contributed by atoms with E-state index in [4.69, 9.17) is 4.98 Å². The Balaban J connectivity index is 1.50. The van der Waals surface area contributed by atoms with Gasteiger partial charge in [0, 0.05) is 54.3 Å². The third-order valence-electron chi connectivity index (χ3n) is 6.03. The van der Waals surface area contributed by atoms with E-state index >= 15 is 0 Å². The molecule has 5 rings (SSSR count). The molecule has 1 amide bonds. The number of amides is 1. The molecule has 0 saturated carbocycles. The molecule has 0 spiro atoms. The molecule has 0 radical (unpaired) electrons. The molecule has 2 aromatic heterocycles. The van der Waals surface area contributed by atoms with Crippen molar-refractivity contribution in [1.82, 2.24) is 19.9 Å². The zero-order valence-corrected chi connectivity index (χ0v) is 18.1. The van der Waals surface area contributed by atoms with E-state index in [1.807, 2.05) is 53.6 Å². The zero-order chi connectivity index (χ0) is 22.6. The summed E-state index contributed by atoms with van der Waals surface area (Å²) in [6.45, 7) is 1.23. The molecule has 1 aliphatic heterocycles. The molecule has 33 heavy (non-hydrogen) atoms. The molecule has 3 heterocycles. The Kier molecular flexibility index (Phi) is 5.89. The van der Waals surface area contributed by atoms with E-state index < -0.39 is 0 Å². The number of pyridine rings is 1. The van der Waals surface area contributed by atoms with Gasteiger partial charge >= 0.3 is 0 Å². The highest BCUT2D eigenvalue weighted by Crippen LogP contribution is 2.34. The minimum atomic E-state index is -0.348. The van der Waals surface area contributed by atoms with Crippen LogP contribution in [0.4, 0.5) is 4.39 Å². The summed E-state index contributed by atoms with van der Waals surface area (Å²) in [7, 11) is 0. The molecule has 1 aliphatic rings. The number of aromatic nitrogens is 3. The van der Waals surface area contributed by atoms with Crippen molar-refractivity contribution in [3.63, 3.8) is 0 Å². The maximum atomic E-state index is 13.3. The van der Waals surface area contributed by atoms with Gasteiger partial charge in [-0.1, -0.05) is 30.3 Å². The van der Waals surface area contributed by atoms with E-state index in [1.165, 1.54) is 12.1 Å². The Bertz CT molecular complexity index is 1250. The molecule has 1 unspecified atom stereocenters. The predicted molar refractivity (Wildman–Crippen MR) is 125 cm³/mol. The van der Waals surface area contributed by atoms with Gasteiger partial charge in [0.25, 0.3) is 5.91 Å². The smallest absolute Gasteiger partial charge is 0.253 e. The summed E-state index contributed by atoms with van der Waals surface area (Å²) in [4.78, 5) is 28.7. The summed E-state index contributed by atoms with van der Waals surface area (Å²) in [5, 5.41) is 0. The van der Waals surface area contributed by atoms with Gasteiger partial charge in [0.2, 0.25) is 0 Å². The van der Waals surface area contributed by atoms with Crippen LogP contribution in [-0.4, -0.2) is 38.8 Å². The molecule has 1 atom stereocenters. The van der Waals surface area contributed by atoms with E-state index in [-0.39, 0.29) is 17.6 Å².